The van der Waals surface area contributed by atoms with Crippen LogP contribution in [0, 0.1) is 3.57 Å². The highest BCUT2D eigenvalue weighted by atomic mass is 127. The van der Waals surface area contributed by atoms with Gasteiger partial charge in [-0.2, -0.15) is 13.2 Å². The summed E-state index contributed by atoms with van der Waals surface area (Å²) in [7, 11) is 1.15. The lowest BCUT2D eigenvalue weighted by atomic mass is 10.2. The lowest BCUT2D eigenvalue weighted by Gasteiger charge is -2.08. The number of nitrogens with zero attached hydrogens (tertiary/aromatic N) is 1. The van der Waals surface area contributed by atoms with Gasteiger partial charge in [0.05, 0.1) is 12.7 Å². The molecule has 1 aromatic rings. The van der Waals surface area contributed by atoms with Gasteiger partial charge in [-0.1, -0.05) is 0 Å². The zero-order valence-corrected chi connectivity index (χ0v) is 9.59. The van der Waals surface area contributed by atoms with Crippen molar-refractivity contribution in [1.82, 2.24) is 4.98 Å². The topological polar surface area (TPSA) is 39.2 Å². The van der Waals surface area contributed by atoms with Crippen molar-refractivity contribution >= 4 is 28.6 Å². The van der Waals surface area contributed by atoms with Crippen molar-refractivity contribution in [1.29, 1.82) is 0 Å². The fraction of sp³-hybridized carbons (Fsp3) is 0.250. The number of alkyl halides is 3. The quantitative estimate of drug-likeness (QED) is 0.586. The average Bonchev–Trinajstić information content (AvgIpc) is 2.14. The Hall–Kier alpha value is -0.860. The number of rotatable bonds is 1. The van der Waals surface area contributed by atoms with E-state index in [2.05, 4.69) is 9.72 Å². The molecular weight excluding hydrogens is 326 g/mol. The van der Waals surface area contributed by atoms with Gasteiger partial charge in [-0.3, -0.25) is 0 Å². The first-order valence-electron chi connectivity index (χ1n) is 3.67. The van der Waals surface area contributed by atoms with Crippen LogP contribution in [-0.2, 0) is 10.9 Å². The number of pyridine rings is 1. The smallest absolute Gasteiger partial charge is 0.434 e. The molecular formula is C8H5F3INO2. The number of hydrogen-bond donors (Lipinski definition) is 0. The molecule has 82 valence electrons. The molecule has 0 aliphatic rings. The second-order valence-corrected chi connectivity index (χ2v) is 3.71. The predicted molar refractivity (Wildman–Crippen MR) is 53.3 cm³/mol. The molecule has 0 amide bonds. The van der Waals surface area contributed by atoms with Gasteiger partial charge in [0.25, 0.3) is 0 Å². The van der Waals surface area contributed by atoms with Crippen LogP contribution in [0.2, 0.25) is 0 Å². The summed E-state index contributed by atoms with van der Waals surface area (Å²) in [5.41, 5.74) is -1.01. The monoisotopic (exact) mass is 331 g/mol. The van der Waals surface area contributed by atoms with Crippen molar-refractivity contribution in [2.24, 2.45) is 0 Å². The molecule has 0 atom stereocenters. The zero-order valence-electron chi connectivity index (χ0n) is 7.43. The fourth-order valence-corrected chi connectivity index (χ4v) is 1.66. The van der Waals surface area contributed by atoms with Crippen molar-refractivity contribution in [2.75, 3.05) is 7.11 Å². The maximum Gasteiger partial charge on any atom is 0.434 e. The van der Waals surface area contributed by atoms with Crippen LogP contribution in [-0.4, -0.2) is 18.1 Å². The van der Waals surface area contributed by atoms with E-state index in [1.54, 1.807) is 0 Å². The molecule has 0 saturated heterocycles. The Morgan fingerprint density at radius 3 is 2.53 bits per heavy atom. The Balaban J connectivity index is 3.15. The number of hydrogen-bond acceptors (Lipinski definition) is 3. The normalized spacial score (nSPS) is 11.3. The number of esters is 1. The summed E-state index contributed by atoms with van der Waals surface area (Å²) in [6.45, 7) is 0. The molecule has 7 heteroatoms. The lowest BCUT2D eigenvalue weighted by Crippen LogP contribution is -2.12. The van der Waals surface area contributed by atoms with Crippen molar-refractivity contribution in [3.8, 4) is 0 Å². The van der Waals surface area contributed by atoms with Gasteiger partial charge in [0.15, 0.2) is 5.69 Å². The molecule has 0 fully saturated rings. The van der Waals surface area contributed by atoms with Gasteiger partial charge in [0.2, 0.25) is 0 Å². The minimum Gasteiger partial charge on any atom is -0.465 e. The molecule has 1 aromatic heterocycles. The van der Waals surface area contributed by atoms with Crippen LogP contribution in [0.25, 0.3) is 0 Å². The summed E-state index contributed by atoms with van der Waals surface area (Å²) in [4.78, 5) is 14.2. The largest absolute Gasteiger partial charge is 0.465 e. The van der Waals surface area contributed by atoms with E-state index in [1.165, 1.54) is 22.6 Å². The lowest BCUT2D eigenvalue weighted by molar-refractivity contribution is -0.141. The predicted octanol–water partition coefficient (Wildman–Crippen LogP) is 2.49. The summed E-state index contributed by atoms with van der Waals surface area (Å²) in [6, 6.07) is 1.09. The number of aromatic nitrogens is 1. The minimum absolute atomic E-state index is 0.00472. The third kappa shape index (κ3) is 2.80. The Morgan fingerprint density at radius 1 is 1.53 bits per heavy atom. The average molecular weight is 331 g/mol. The Labute approximate surface area is 96.8 Å². The maximum atomic E-state index is 12.3. The van der Waals surface area contributed by atoms with Gasteiger partial charge in [-0.05, 0) is 28.7 Å². The fourth-order valence-electron chi connectivity index (χ4n) is 0.876. The molecule has 0 unspecified atom stereocenters. The van der Waals surface area contributed by atoms with Crippen molar-refractivity contribution in [3.63, 3.8) is 0 Å². The molecule has 0 aromatic carbocycles. The number of ether oxygens (including phenoxy) is 1. The van der Waals surface area contributed by atoms with E-state index in [9.17, 15) is 18.0 Å². The molecule has 0 radical (unpaired) electrons. The molecule has 3 nitrogen and oxygen atoms in total. The Kier molecular flexibility index (Phi) is 3.53. The highest BCUT2D eigenvalue weighted by Gasteiger charge is 2.35. The van der Waals surface area contributed by atoms with Crippen molar-refractivity contribution in [2.45, 2.75) is 6.18 Å². The molecule has 0 N–H and O–H groups in total. The molecule has 15 heavy (non-hydrogen) atoms. The van der Waals surface area contributed by atoms with E-state index in [4.69, 9.17) is 0 Å². The summed E-state index contributed by atoms with van der Waals surface area (Å²) < 4.78 is 41.1. The molecule has 0 bridgehead atoms. The summed E-state index contributed by atoms with van der Waals surface area (Å²) in [5, 5.41) is 0. The highest BCUT2D eigenvalue weighted by Crippen LogP contribution is 2.31. The van der Waals surface area contributed by atoms with Crippen LogP contribution in [0.1, 0.15) is 16.1 Å². The van der Waals surface area contributed by atoms with E-state index in [0.29, 0.717) is 0 Å². The Bertz CT molecular complexity index is 392. The van der Waals surface area contributed by atoms with E-state index in [-0.39, 0.29) is 9.13 Å². The molecule has 0 aliphatic carbocycles. The number of halogens is 4. The van der Waals surface area contributed by atoms with Crippen LogP contribution in [0.3, 0.4) is 0 Å². The third-order valence-electron chi connectivity index (χ3n) is 1.53. The van der Waals surface area contributed by atoms with Gasteiger partial charge in [-0.25, -0.2) is 9.78 Å². The van der Waals surface area contributed by atoms with Gasteiger partial charge in [0, 0.05) is 9.77 Å². The second-order valence-electron chi connectivity index (χ2n) is 2.54. The summed E-state index contributed by atoms with van der Waals surface area (Å²) >= 11 is 1.47. The van der Waals surface area contributed by atoms with Crippen LogP contribution >= 0.6 is 22.6 Å². The van der Waals surface area contributed by atoms with E-state index >= 15 is 0 Å². The van der Waals surface area contributed by atoms with E-state index in [1.807, 2.05) is 0 Å². The van der Waals surface area contributed by atoms with Gasteiger partial charge >= 0.3 is 12.1 Å². The van der Waals surface area contributed by atoms with Crippen molar-refractivity contribution < 1.29 is 22.7 Å². The first-order valence-corrected chi connectivity index (χ1v) is 4.75. The van der Waals surface area contributed by atoms with Crippen molar-refractivity contribution in [3.05, 3.63) is 27.1 Å². The maximum absolute atomic E-state index is 12.3. The molecule has 1 rings (SSSR count). The molecule has 0 saturated carbocycles. The van der Waals surface area contributed by atoms with Crippen LogP contribution in [0.15, 0.2) is 12.3 Å². The second kappa shape index (κ2) is 4.33. The molecule has 1 heterocycles. The SMILES string of the molecule is COC(=O)c1cnc(C(F)(F)F)c(I)c1. The number of carbonyl (C=O) groups excluding carboxylic acids is 1. The summed E-state index contributed by atoms with van der Waals surface area (Å²) in [6.07, 6.45) is -3.66. The zero-order chi connectivity index (χ0) is 11.6. The van der Waals surface area contributed by atoms with E-state index < -0.39 is 17.8 Å². The first kappa shape index (κ1) is 12.2. The number of methoxy groups -OCH3 is 1. The minimum atomic E-state index is -4.51. The van der Waals surface area contributed by atoms with Gasteiger partial charge in [0.1, 0.15) is 0 Å². The standard InChI is InChI=1S/C8H5F3INO2/c1-15-7(14)4-2-5(12)6(13-3-4)8(9,10)11/h2-3H,1H3. The highest BCUT2D eigenvalue weighted by molar-refractivity contribution is 14.1. The van der Waals surface area contributed by atoms with Crippen LogP contribution < -0.4 is 0 Å². The van der Waals surface area contributed by atoms with E-state index in [0.717, 1.165) is 19.4 Å². The first-order chi connectivity index (χ1) is 6.86. The van der Waals surface area contributed by atoms with Gasteiger partial charge < -0.3 is 4.74 Å². The molecule has 0 aliphatic heterocycles. The van der Waals surface area contributed by atoms with Crippen LogP contribution in [0.4, 0.5) is 13.2 Å². The third-order valence-corrected chi connectivity index (χ3v) is 2.35. The van der Waals surface area contributed by atoms with Crippen LogP contribution in [0.5, 0.6) is 0 Å². The van der Waals surface area contributed by atoms with Gasteiger partial charge in [-0.15, -0.1) is 0 Å². The summed E-state index contributed by atoms with van der Waals surface area (Å²) in [5.74, 6) is -0.714. The molecule has 0 spiro atoms. The number of carbonyl (C=O) groups is 1. The Morgan fingerprint density at radius 2 is 2.13 bits per heavy atom.